The molecule has 21 heavy (non-hydrogen) atoms. The molecule has 0 aliphatic carbocycles. The highest BCUT2D eigenvalue weighted by atomic mass is 16.3. The van der Waals surface area contributed by atoms with Crippen LogP contribution in [0.15, 0.2) is 48.7 Å². The summed E-state index contributed by atoms with van der Waals surface area (Å²) in [5, 5.41) is 14.5. The van der Waals surface area contributed by atoms with Gasteiger partial charge in [-0.1, -0.05) is 35.9 Å². The van der Waals surface area contributed by atoms with E-state index in [0.29, 0.717) is 12.3 Å². The number of H-pyrrole nitrogens is 1. The summed E-state index contributed by atoms with van der Waals surface area (Å²) >= 11 is 0. The largest absolute Gasteiger partial charge is 0.508 e. The maximum atomic E-state index is 9.81. The lowest BCUT2D eigenvalue weighted by Gasteiger charge is -2.07. The van der Waals surface area contributed by atoms with E-state index in [1.54, 1.807) is 6.07 Å². The van der Waals surface area contributed by atoms with E-state index in [1.165, 1.54) is 22.0 Å². The first-order chi connectivity index (χ1) is 10.2. The van der Waals surface area contributed by atoms with Crippen LogP contribution < -0.4 is 5.32 Å². The number of phenolic OH excluding ortho intramolecular Hbond substituents is 1. The second kappa shape index (κ2) is 6.02. The number of aromatic nitrogens is 1. The van der Waals surface area contributed by atoms with Crippen molar-refractivity contribution in [1.82, 2.24) is 10.3 Å². The summed E-state index contributed by atoms with van der Waals surface area (Å²) in [5.74, 6) is 0.361. The van der Waals surface area contributed by atoms with Gasteiger partial charge in [-0.05, 0) is 37.6 Å². The molecule has 108 valence electrons. The number of aryl methyl sites for hydroxylation is 1. The number of rotatable bonds is 5. The molecule has 2 aromatic carbocycles. The zero-order chi connectivity index (χ0) is 14.7. The van der Waals surface area contributed by atoms with Crippen LogP contribution >= 0.6 is 0 Å². The van der Waals surface area contributed by atoms with Crippen LogP contribution in [0.3, 0.4) is 0 Å². The van der Waals surface area contributed by atoms with Gasteiger partial charge < -0.3 is 15.4 Å². The fraction of sp³-hybridized carbons (Fsp3) is 0.222. The Bertz CT molecular complexity index is 746. The van der Waals surface area contributed by atoms with Crippen LogP contribution in [0, 0.1) is 6.92 Å². The predicted molar refractivity (Wildman–Crippen MR) is 86.6 cm³/mol. The normalized spacial score (nSPS) is 11.1. The zero-order valence-corrected chi connectivity index (χ0v) is 12.2. The Labute approximate surface area is 124 Å². The standard InChI is InChI=1S/C18H20N2O/c1-13-6-7-18(21)15(10-13)11-19-9-8-14-12-20-17-5-3-2-4-16(14)17/h2-7,10,12,19-21H,8-9,11H2,1H3. The maximum Gasteiger partial charge on any atom is 0.120 e. The molecule has 1 aromatic heterocycles. The number of aromatic hydroxyl groups is 1. The van der Waals surface area contributed by atoms with E-state index in [1.807, 2.05) is 25.1 Å². The van der Waals surface area contributed by atoms with E-state index in [0.717, 1.165) is 18.5 Å². The van der Waals surface area contributed by atoms with Crippen LogP contribution in [0.4, 0.5) is 0 Å². The van der Waals surface area contributed by atoms with Crippen molar-refractivity contribution in [2.75, 3.05) is 6.54 Å². The molecule has 0 spiro atoms. The lowest BCUT2D eigenvalue weighted by molar-refractivity contribution is 0.464. The lowest BCUT2D eigenvalue weighted by Crippen LogP contribution is -2.16. The first-order valence-electron chi connectivity index (χ1n) is 7.28. The van der Waals surface area contributed by atoms with Crippen LogP contribution in [0.2, 0.25) is 0 Å². The maximum absolute atomic E-state index is 9.81. The van der Waals surface area contributed by atoms with Gasteiger partial charge in [-0.2, -0.15) is 0 Å². The summed E-state index contributed by atoms with van der Waals surface area (Å²) in [7, 11) is 0. The number of fused-ring (bicyclic) bond motifs is 1. The van der Waals surface area contributed by atoms with Crippen LogP contribution in [0.5, 0.6) is 5.75 Å². The van der Waals surface area contributed by atoms with Crippen molar-refractivity contribution >= 4 is 10.9 Å². The third kappa shape index (κ3) is 3.09. The summed E-state index contributed by atoms with van der Waals surface area (Å²) in [4.78, 5) is 3.30. The van der Waals surface area contributed by atoms with Gasteiger partial charge in [-0.15, -0.1) is 0 Å². The van der Waals surface area contributed by atoms with Crippen molar-refractivity contribution in [3.8, 4) is 5.75 Å². The number of hydrogen-bond acceptors (Lipinski definition) is 2. The molecule has 0 atom stereocenters. The van der Waals surface area contributed by atoms with Gasteiger partial charge >= 0.3 is 0 Å². The minimum atomic E-state index is 0.361. The molecule has 1 heterocycles. The van der Waals surface area contributed by atoms with E-state index in [-0.39, 0.29) is 0 Å². The van der Waals surface area contributed by atoms with Gasteiger partial charge in [0.15, 0.2) is 0 Å². The van der Waals surface area contributed by atoms with E-state index < -0.39 is 0 Å². The number of nitrogens with one attached hydrogen (secondary N) is 2. The Morgan fingerprint density at radius 1 is 1.10 bits per heavy atom. The highest BCUT2D eigenvalue weighted by Crippen LogP contribution is 2.19. The zero-order valence-electron chi connectivity index (χ0n) is 12.2. The van der Waals surface area contributed by atoms with Crippen molar-refractivity contribution in [2.45, 2.75) is 19.9 Å². The molecule has 0 aliphatic heterocycles. The topological polar surface area (TPSA) is 48.0 Å². The average Bonchev–Trinajstić information content (AvgIpc) is 2.90. The average molecular weight is 280 g/mol. The smallest absolute Gasteiger partial charge is 0.120 e. The highest BCUT2D eigenvalue weighted by Gasteiger charge is 2.03. The molecule has 0 saturated heterocycles. The summed E-state index contributed by atoms with van der Waals surface area (Å²) in [6.45, 7) is 3.61. The van der Waals surface area contributed by atoms with Crippen LogP contribution in [-0.4, -0.2) is 16.6 Å². The molecule has 3 heteroatoms. The van der Waals surface area contributed by atoms with Gasteiger partial charge in [0.1, 0.15) is 5.75 Å². The van der Waals surface area contributed by atoms with Gasteiger partial charge in [0.25, 0.3) is 0 Å². The number of aromatic amines is 1. The molecule has 3 nitrogen and oxygen atoms in total. The third-order valence-corrected chi connectivity index (χ3v) is 3.80. The summed E-state index contributed by atoms with van der Waals surface area (Å²) in [5.41, 5.74) is 4.63. The molecule has 0 aliphatic rings. The Morgan fingerprint density at radius 2 is 1.95 bits per heavy atom. The second-order valence-corrected chi connectivity index (χ2v) is 5.42. The van der Waals surface area contributed by atoms with Gasteiger partial charge in [-0.3, -0.25) is 0 Å². The van der Waals surface area contributed by atoms with E-state index in [4.69, 9.17) is 0 Å². The first-order valence-corrected chi connectivity index (χ1v) is 7.28. The SMILES string of the molecule is Cc1ccc(O)c(CNCCc2c[nH]c3ccccc23)c1. The quantitative estimate of drug-likeness (QED) is 0.626. The molecule has 0 unspecified atom stereocenters. The highest BCUT2D eigenvalue weighted by molar-refractivity contribution is 5.83. The number of para-hydroxylation sites is 1. The van der Waals surface area contributed by atoms with Crippen molar-refractivity contribution in [2.24, 2.45) is 0 Å². The number of hydrogen-bond donors (Lipinski definition) is 3. The predicted octanol–water partition coefficient (Wildman–Crippen LogP) is 3.51. The molecular formula is C18H20N2O. The molecule has 3 aromatic rings. The molecule has 0 amide bonds. The van der Waals surface area contributed by atoms with Crippen LogP contribution in [-0.2, 0) is 13.0 Å². The van der Waals surface area contributed by atoms with E-state index in [2.05, 4.69) is 34.7 Å². The van der Waals surface area contributed by atoms with Crippen molar-refractivity contribution in [1.29, 1.82) is 0 Å². The third-order valence-electron chi connectivity index (χ3n) is 3.80. The minimum absolute atomic E-state index is 0.361. The molecule has 3 rings (SSSR count). The van der Waals surface area contributed by atoms with Crippen molar-refractivity contribution < 1.29 is 5.11 Å². The molecule has 0 saturated carbocycles. The van der Waals surface area contributed by atoms with Gasteiger partial charge in [-0.25, -0.2) is 0 Å². The minimum Gasteiger partial charge on any atom is -0.508 e. The molecule has 0 fully saturated rings. The van der Waals surface area contributed by atoms with Crippen LogP contribution in [0.1, 0.15) is 16.7 Å². The first kappa shape index (κ1) is 13.7. The summed E-state index contributed by atoms with van der Waals surface area (Å²) < 4.78 is 0. The van der Waals surface area contributed by atoms with Crippen molar-refractivity contribution in [3.63, 3.8) is 0 Å². The number of phenols is 1. The molecular weight excluding hydrogens is 260 g/mol. The Hall–Kier alpha value is -2.26. The molecule has 0 bridgehead atoms. The molecule has 0 radical (unpaired) electrons. The molecule has 3 N–H and O–H groups in total. The lowest BCUT2D eigenvalue weighted by atomic mass is 10.1. The van der Waals surface area contributed by atoms with Crippen LogP contribution in [0.25, 0.3) is 10.9 Å². The summed E-state index contributed by atoms with van der Waals surface area (Å²) in [6, 6.07) is 14.1. The van der Waals surface area contributed by atoms with Gasteiger partial charge in [0.05, 0.1) is 0 Å². The fourth-order valence-electron chi connectivity index (χ4n) is 2.64. The Kier molecular flexibility index (Phi) is 3.93. The van der Waals surface area contributed by atoms with Gasteiger partial charge in [0.2, 0.25) is 0 Å². The fourth-order valence-corrected chi connectivity index (χ4v) is 2.64. The van der Waals surface area contributed by atoms with Gasteiger partial charge in [0, 0.05) is 29.2 Å². The second-order valence-electron chi connectivity index (χ2n) is 5.42. The van der Waals surface area contributed by atoms with E-state index in [9.17, 15) is 5.11 Å². The Morgan fingerprint density at radius 3 is 2.86 bits per heavy atom. The Balaban J connectivity index is 1.58. The van der Waals surface area contributed by atoms with E-state index >= 15 is 0 Å². The monoisotopic (exact) mass is 280 g/mol. The summed E-state index contributed by atoms with van der Waals surface area (Å²) in [6.07, 6.45) is 3.05. The van der Waals surface area contributed by atoms with Crippen molar-refractivity contribution in [3.05, 3.63) is 65.4 Å². The number of benzene rings is 2.